The van der Waals surface area contributed by atoms with Crippen molar-refractivity contribution in [2.75, 3.05) is 0 Å². The molecule has 0 unspecified atom stereocenters. The molecular weight excluding hydrogens is 206 g/mol. The zero-order chi connectivity index (χ0) is 11.2. The molecule has 0 atom stereocenters. The van der Waals surface area contributed by atoms with Crippen LogP contribution in [0.2, 0.25) is 0 Å². The van der Waals surface area contributed by atoms with E-state index < -0.39 is 0 Å². The average Bonchev–Trinajstić information content (AvgIpc) is 2.81. The molecule has 1 saturated carbocycles. The van der Waals surface area contributed by atoms with Crippen LogP contribution in [0.1, 0.15) is 37.9 Å². The Morgan fingerprint density at radius 1 is 1.38 bits per heavy atom. The number of guanidine groups is 1. The smallest absolute Gasteiger partial charge is 0.188 e. The minimum Gasteiger partial charge on any atom is -0.354 e. The Hall–Kier alpha value is -1.66. The maximum absolute atomic E-state index is 7.72. The van der Waals surface area contributed by atoms with Crippen LogP contribution in [0.15, 0.2) is 0 Å². The Kier molecular flexibility index (Phi) is 3.68. The Morgan fingerprint density at radius 2 is 2.19 bits per heavy atom. The molecule has 0 spiro atoms. The molecule has 0 amide bonds. The number of aromatic nitrogens is 4. The Balaban J connectivity index is 1.67. The minimum absolute atomic E-state index is 0.350. The van der Waals surface area contributed by atoms with E-state index in [0.717, 1.165) is 12.8 Å². The predicted octanol–water partition coefficient (Wildman–Crippen LogP) is 0.146. The Labute approximate surface area is 93.9 Å². The van der Waals surface area contributed by atoms with Crippen molar-refractivity contribution >= 4 is 5.96 Å². The lowest BCUT2D eigenvalue weighted by Gasteiger charge is -2.24. The van der Waals surface area contributed by atoms with Crippen LogP contribution in [0.3, 0.4) is 0 Å². The second kappa shape index (κ2) is 5.43. The first-order valence-corrected chi connectivity index (χ1v) is 5.66. The highest BCUT2D eigenvalue weighted by Crippen LogP contribution is 2.16. The summed E-state index contributed by atoms with van der Waals surface area (Å²) in [6.07, 6.45) is 6.17. The third-order valence-corrected chi connectivity index (χ3v) is 2.78. The number of nitrogens with one attached hydrogen (secondary N) is 4. The van der Waals surface area contributed by atoms with E-state index in [9.17, 15) is 0 Å². The quantitative estimate of drug-likeness (QED) is 0.431. The molecule has 1 aromatic heterocycles. The minimum atomic E-state index is 0.350. The molecule has 0 saturated heterocycles. The summed E-state index contributed by atoms with van der Waals surface area (Å²) in [5.74, 6) is 0.985. The van der Waals surface area contributed by atoms with E-state index in [-0.39, 0.29) is 0 Å². The third kappa shape index (κ3) is 3.18. The molecule has 4 N–H and O–H groups in total. The zero-order valence-electron chi connectivity index (χ0n) is 9.16. The lowest BCUT2D eigenvalue weighted by Crippen LogP contribution is -2.43. The van der Waals surface area contributed by atoms with Gasteiger partial charge in [0, 0.05) is 6.04 Å². The zero-order valence-corrected chi connectivity index (χ0v) is 9.16. The topological polar surface area (TPSA) is 102 Å². The van der Waals surface area contributed by atoms with Crippen molar-refractivity contribution in [2.24, 2.45) is 0 Å². The number of aromatic amines is 1. The summed E-state index contributed by atoms with van der Waals surface area (Å²) in [5, 5.41) is 27.1. The monoisotopic (exact) mass is 223 g/mol. The van der Waals surface area contributed by atoms with E-state index in [0.29, 0.717) is 24.4 Å². The summed E-state index contributed by atoms with van der Waals surface area (Å²) < 4.78 is 0. The van der Waals surface area contributed by atoms with E-state index in [1.165, 1.54) is 19.3 Å². The molecule has 7 nitrogen and oxygen atoms in total. The molecule has 1 fully saturated rings. The second-order valence-electron chi connectivity index (χ2n) is 4.06. The van der Waals surface area contributed by atoms with Crippen LogP contribution in [-0.2, 0) is 6.54 Å². The molecule has 88 valence electrons. The van der Waals surface area contributed by atoms with Crippen molar-refractivity contribution in [1.82, 2.24) is 31.3 Å². The van der Waals surface area contributed by atoms with Gasteiger partial charge in [-0.15, -0.1) is 5.10 Å². The van der Waals surface area contributed by atoms with Gasteiger partial charge in [0.15, 0.2) is 11.8 Å². The Morgan fingerprint density at radius 3 is 2.88 bits per heavy atom. The molecule has 1 heterocycles. The average molecular weight is 223 g/mol. The summed E-state index contributed by atoms with van der Waals surface area (Å²) in [6, 6.07) is 0.446. The van der Waals surface area contributed by atoms with Crippen LogP contribution in [0.25, 0.3) is 0 Å². The molecule has 0 radical (unpaired) electrons. The van der Waals surface area contributed by atoms with Crippen molar-refractivity contribution in [3.8, 4) is 0 Å². The number of nitrogens with zero attached hydrogens (tertiary/aromatic N) is 3. The third-order valence-electron chi connectivity index (χ3n) is 2.78. The molecule has 0 aromatic carbocycles. The second-order valence-corrected chi connectivity index (χ2v) is 4.06. The van der Waals surface area contributed by atoms with Crippen molar-refractivity contribution in [1.29, 1.82) is 5.41 Å². The van der Waals surface area contributed by atoms with Gasteiger partial charge in [0.25, 0.3) is 0 Å². The maximum atomic E-state index is 7.72. The molecule has 16 heavy (non-hydrogen) atoms. The van der Waals surface area contributed by atoms with Gasteiger partial charge in [-0.3, -0.25) is 5.41 Å². The summed E-state index contributed by atoms with van der Waals surface area (Å²) in [6.45, 7) is 0.450. The van der Waals surface area contributed by atoms with Crippen LogP contribution < -0.4 is 10.6 Å². The van der Waals surface area contributed by atoms with Crippen LogP contribution in [0, 0.1) is 5.41 Å². The highest BCUT2D eigenvalue weighted by molar-refractivity contribution is 5.76. The van der Waals surface area contributed by atoms with E-state index >= 15 is 0 Å². The van der Waals surface area contributed by atoms with E-state index in [1.807, 2.05) is 0 Å². The van der Waals surface area contributed by atoms with Crippen LogP contribution in [0.5, 0.6) is 0 Å². The fourth-order valence-corrected chi connectivity index (χ4v) is 1.93. The number of rotatable bonds is 3. The van der Waals surface area contributed by atoms with Crippen molar-refractivity contribution in [3.05, 3.63) is 5.82 Å². The largest absolute Gasteiger partial charge is 0.354 e. The van der Waals surface area contributed by atoms with Gasteiger partial charge in [0.2, 0.25) is 0 Å². The summed E-state index contributed by atoms with van der Waals surface area (Å²) in [4.78, 5) is 0. The molecule has 1 aromatic rings. The fraction of sp³-hybridized carbons (Fsp3) is 0.778. The number of tetrazole rings is 1. The van der Waals surface area contributed by atoms with Gasteiger partial charge in [-0.2, -0.15) is 0 Å². The predicted molar refractivity (Wildman–Crippen MR) is 58.8 cm³/mol. The lowest BCUT2D eigenvalue weighted by molar-refractivity contribution is 0.409. The van der Waals surface area contributed by atoms with E-state index in [2.05, 4.69) is 31.3 Å². The summed E-state index contributed by atoms with van der Waals surface area (Å²) in [5.41, 5.74) is 0. The van der Waals surface area contributed by atoms with Crippen molar-refractivity contribution < 1.29 is 0 Å². The normalized spacial score (nSPS) is 17.0. The van der Waals surface area contributed by atoms with Gasteiger partial charge in [0.05, 0.1) is 6.54 Å². The first-order valence-electron chi connectivity index (χ1n) is 5.66. The van der Waals surface area contributed by atoms with Gasteiger partial charge in [-0.1, -0.05) is 19.3 Å². The molecule has 2 rings (SSSR count). The molecular formula is C9H17N7. The summed E-state index contributed by atoms with van der Waals surface area (Å²) >= 11 is 0. The lowest BCUT2D eigenvalue weighted by atomic mass is 9.96. The molecule has 0 aliphatic heterocycles. The standard InChI is InChI=1S/C9H17N7/c10-9(11-6-8-13-15-16-14-8)12-7-4-2-1-3-5-7/h7H,1-6H2,(H3,10,11,12)(H,13,14,15,16). The van der Waals surface area contributed by atoms with Gasteiger partial charge >= 0.3 is 0 Å². The first kappa shape index (κ1) is 10.8. The molecule has 1 aliphatic carbocycles. The highest BCUT2D eigenvalue weighted by atomic mass is 15.5. The first-order chi connectivity index (χ1) is 7.84. The number of H-pyrrole nitrogens is 1. The SMILES string of the molecule is N=C(NCc1nnn[nH]1)NC1CCCCC1. The van der Waals surface area contributed by atoms with Gasteiger partial charge < -0.3 is 10.6 Å². The van der Waals surface area contributed by atoms with Gasteiger partial charge in [-0.25, -0.2) is 5.10 Å². The van der Waals surface area contributed by atoms with E-state index in [1.54, 1.807) is 0 Å². The van der Waals surface area contributed by atoms with Crippen LogP contribution in [0.4, 0.5) is 0 Å². The van der Waals surface area contributed by atoms with Crippen LogP contribution >= 0.6 is 0 Å². The van der Waals surface area contributed by atoms with Gasteiger partial charge in [0.1, 0.15) is 0 Å². The summed E-state index contributed by atoms with van der Waals surface area (Å²) in [7, 11) is 0. The number of hydrogen-bond donors (Lipinski definition) is 4. The fourth-order valence-electron chi connectivity index (χ4n) is 1.93. The van der Waals surface area contributed by atoms with Gasteiger partial charge in [-0.05, 0) is 23.3 Å². The molecule has 1 aliphatic rings. The Bertz CT molecular complexity index is 315. The number of hydrogen-bond acceptors (Lipinski definition) is 4. The molecule has 0 bridgehead atoms. The molecule has 7 heteroatoms. The van der Waals surface area contributed by atoms with E-state index in [4.69, 9.17) is 5.41 Å². The highest BCUT2D eigenvalue weighted by Gasteiger charge is 2.13. The van der Waals surface area contributed by atoms with Crippen molar-refractivity contribution in [2.45, 2.75) is 44.7 Å². The van der Waals surface area contributed by atoms with Crippen LogP contribution in [-0.4, -0.2) is 32.6 Å². The maximum Gasteiger partial charge on any atom is 0.188 e. The van der Waals surface area contributed by atoms with Crippen molar-refractivity contribution in [3.63, 3.8) is 0 Å².